The summed E-state index contributed by atoms with van der Waals surface area (Å²) in [6, 6.07) is 31.3. The van der Waals surface area contributed by atoms with Gasteiger partial charge >= 0.3 is 0 Å². The lowest BCUT2D eigenvalue weighted by Crippen LogP contribution is -2.05. The number of hydrogen-bond donors (Lipinski definition) is 1. The maximum Gasteiger partial charge on any atom is 0.135 e. The van der Waals surface area contributed by atoms with Crippen LogP contribution in [0.5, 0.6) is 0 Å². The second-order valence-electron chi connectivity index (χ2n) is 6.02. The molecule has 0 heterocycles. The monoisotopic (exact) mass is 309 g/mol. The Labute approximate surface area is 142 Å². The van der Waals surface area contributed by atoms with Gasteiger partial charge in [0.2, 0.25) is 0 Å². The van der Waals surface area contributed by atoms with E-state index in [9.17, 15) is 0 Å². The Morgan fingerprint density at radius 2 is 1.42 bits per heavy atom. The molecule has 3 aromatic rings. The van der Waals surface area contributed by atoms with Gasteiger partial charge in [0, 0.05) is 17.8 Å². The van der Waals surface area contributed by atoms with Crippen LogP contribution in [0, 0.1) is 17.2 Å². The van der Waals surface area contributed by atoms with Gasteiger partial charge in [-0.3, -0.25) is 0 Å². The first-order valence-corrected chi connectivity index (χ1v) is 8.10. The fourth-order valence-electron chi connectivity index (χ4n) is 3.27. The van der Waals surface area contributed by atoms with E-state index < -0.39 is 0 Å². The predicted molar refractivity (Wildman–Crippen MR) is 96.5 cm³/mol. The van der Waals surface area contributed by atoms with E-state index in [-0.39, 0.29) is 0 Å². The lowest BCUT2D eigenvalue weighted by molar-refractivity contribution is 1.05. The lowest BCUT2D eigenvalue weighted by atomic mass is 10.0. The van der Waals surface area contributed by atoms with Crippen LogP contribution in [-0.2, 0) is 0 Å². The van der Waals surface area contributed by atoms with Crippen molar-refractivity contribution in [2.24, 2.45) is 0 Å². The van der Waals surface area contributed by atoms with Crippen molar-refractivity contribution in [3.8, 4) is 6.07 Å². The summed E-state index contributed by atoms with van der Waals surface area (Å²) in [4.78, 5) is 0. The van der Waals surface area contributed by atoms with Crippen molar-refractivity contribution in [3.05, 3.63) is 108 Å². The van der Waals surface area contributed by atoms with E-state index in [1.54, 1.807) is 0 Å². The first-order valence-electron chi connectivity index (χ1n) is 8.10. The smallest absolute Gasteiger partial charge is 0.135 e. The molecule has 2 nitrogen and oxygen atoms in total. The normalized spacial score (nSPS) is 18.7. The number of rotatable bonds is 4. The Hall–Kier alpha value is -3.18. The van der Waals surface area contributed by atoms with Crippen molar-refractivity contribution in [1.29, 1.82) is 5.26 Å². The Morgan fingerprint density at radius 1 is 0.792 bits per heavy atom. The standard InChI is InChI=1S/C22H17N2/c23-15-16-11-13-19(14-12-16)24-22-20(17-7-3-1-4-8-17)21(22)18-9-5-2-6-10-18/h1-14,20,22,24H/q+1. The summed E-state index contributed by atoms with van der Waals surface area (Å²) in [6.07, 6.45) is 0. The topological polar surface area (TPSA) is 35.8 Å². The second kappa shape index (κ2) is 6.14. The van der Waals surface area contributed by atoms with E-state index in [1.807, 2.05) is 30.3 Å². The fraction of sp³-hybridized carbons (Fsp3) is 0.0909. The van der Waals surface area contributed by atoms with E-state index in [0.717, 1.165) is 5.69 Å². The van der Waals surface area contributed by atoms with E-state index in [0.29, 0.717) is 17.5 Å². The first-order chi connectivity index (χ1) is 11.9. The zero-order valence-corrected chi connectivity index (χ0v) is 13.2. The molecule has 0 aliphatic heterocycles. The summed E-state index contributed by atoms with van der Waals surface area (Å²) in [5, 5.41) is 12.5. The highest BCUT2D eigenvalue weighted by atomic mass is 15.0. The average molecular weight is 309 g/mol. The Morgan fingerprint density at radius 3 is 2.04 bits per heavy atom. The summed E-state index contributed by atoms with van der Waals surface area (Å²) in [6.45, 7) is 0. The van der Waals surface area contributed by atoms with Gasteiger partial charge in [-0.15, -0.1) is 0 Å². The van der Waals surface area contributed by atoms with Gasteiger partial charge in [0.25, 0.3) is 0 Å². The van der Waals surface area contributed by atoms with Gasteiger partial charge in [-0.25, -0.2) is 0 Å². The molecule has 0 aromatic heterocycles. The molecular weight excluding hydrogens is 292 g/mol. The summed E-state index contributed by atoms with van der Waals surface area (Å²) < 4.78 is 0. The molecule has 0 spiro atoms. The van der Waals surface area contributed by atoms with E-state index in [1.165, 1.54) is 17.0 Å². The molecule has 2 unspecified atom stereocenters. The zero-order valence-electron chi connectivity index (χ0n) is 13.2. The minimum absolute atomic E-state index is 0.294. The molecule has 114 valence electrons. The van der Waals surface area contributed by atoms with Gasteiger partial charge in [-0.1, -0.05) is 30.3 Å². The SMILES string of the molecule is N#Cc1ccc(NC2[C+](c3ccccc3)C2c2ccccc2)cc1. The average Bonchev–Trinajstić information content (AvgIpc) is 3.37. The van der Waals surface area contributed by atoms with Crippen molar-refractivity contribution in [2.45, 2.75) is 12.0 Å². The van der Waals surface area contributed by atoms with Crippen LogP contribution in [0.25, 0.3) is 0 Å². The molecule has 2 heteroatoms. The van der Waals surface area contributed by atoms with Gasteiger partial charge in [0.15, 0.2) is 0 Å². The Bertz CT molecular complexity index is 802. The van der Waals surface area contributed by atoms with Crippen LogP contribution < -0.4 is 5.32 Å². The van der Waals surface area contributed by atoms with Crippen molar-refractivity contribution in [2.75, 3.05) is 5.32 Å². The molecule has 1 aliphatic carbocycles. The second-order valence-corrected chi connectivity index (χ2v) is 6.02. The molecule has 4 rings (SSSR count). The highest BCUT2D eigenvalue weighted by molar-refractivity contribution is 5.62. The van der Waals surface area contributed by atoms with Crippen molar-refractivity contribution in [1.82, 2.24) is 0 Å². The fourth-order valence-corrected chi connectivity index (χ4v) is 3.27. The number of anilines is 1. The van der Waals surface area contributed by atoms with Crippen molar-refractivity contribution >= 4 is 5.69 Å². The quantitative estimate of drug-likeness (QED) is 0.705. The summed E-state index contributed by atoms with van der Waals surface area (Å²) in [7, 11) is 0. The molecule has 0 radical (unpaired) electrons. The summed E-state index contributed by atoms with van der Waals surface area (Å²) in [5.74, 6) is 1.82. The molecule has 2 atom stereocenters. The van der Waals surface area contributed by atoms with Crippen LogP contribution in [-0.4, -0.2) is 6.04 Å². The van der Waals surface area contributed by atoms with Crippen LogP contribution in [0.2, 0.25) is 0 Å². The third kappa shape index (κ3) is 2.73. The number of benzene rings is 3. The van der Waals surface area contributed by atoms with Crippen LogP contribution in [0.3, 0.4) is 0 Å². The van der Waals surface area contributed by atoms with Gasteiger partial charge < -0.3 is 5.32 Å². The number of nitrogens with one attached hydrogen (secondary N) is 1. The maximum atomic E-state index is 8.93. The number of nitrogens with zero attached hydrogens (tertiary/aromatic N) is 1. The molecule has 1 saturated carbocycles. The predicted octanol–water partition coefficient (Wildman–Crippen LogP) is 4.76. The molecule has 3 aromatic carbocycles. The van der Waals surface area contributed by atoms with Gasteiger partial charge in [0.1, 0.15) is 11.6 Å². The Kier molecular flexibility index (Phi) is 3.69. The Balaban J connectivity index is 1.60. The molecule has 1 aliphatic rings. The lowest BCUT2D eigenvalue weighted by Gasteiger charge is -2.03. The van der Waals surface area contributed by atoms with E-state index >= 15 is 0 Å². The first kappa shape index (κ1) is 14.4. The number of hydrogen-bond acceptors (Lipinski definition) is 2. The zero-order chi connectivity index (χ0) is 16.4. The molecular formula is C22H17N2+. The summed E-state index contributed by atoms with van der Waals surface area (Å²) in [5.41, 5.74) is 4.36. The van der Waals surface area contributed by atoms with Crippen LogP contribution >= 0.6 is 0 Å². The van der Waals surface area contributed by atoms with Crippen molar-refractivity contribution in [3.63, 3.8) is 0 Å². The van der Waals surface area contributed by atoms with Crippen LogP contribution in [0.1, 0.15) is 22.6 Å². The highest BCUT2D eigenvalue weighted by Crippen LogP contribution is 2.55. The molecule has 0 amide bonds. The molecule has 1 N–H and O–H groups in total. The van der Waals surface area contributed by atoms with Crippen molar-refractivity contribution < 1.29 is 0 Å². The maximum absolute atomic E-state index is 8.93. The third-order valence-electron chi connectivity index (χ3n) is 4.50. The largest absolute Gasteiger partial charge is 0.366 e. The van der Waals surface area contributed by atoms with Gasteiger partial charge in [-0.05, 0) is 48.0 Å². The highest BCUT2D eigenvalue weighted by Gasteiger charge is 2.58. The molecule has 0 bridgehead atoms. The third-order valence-corrected chi connectivity index (χ3v) is 4.50. The molecule has 24 heavy (non-hydrogen) atoms. The van der Waals surface area contributed by atoms with E-state index in [4.69, 9.17) is 5.26 Å². The summed E-state index contributed by atoms with van der Waals surface area (Å²) >= 11 is 0. The molecule has 1 fully saturated rings. The van der Waals surface area contributed by atoms with Gasteiger partial charge in [-0.2, -0.15) is 5.26 Å². The van der Waals surface area contributed by atoms with E-state index in [2.05, 4.69) is 66.0 Å². The minimum Gasteiger partial charge on any atom is -0.366 e. The molecule has 0 saturated heterocycles. The van der Waals surface area contributed by atoms with Crippen LogP contribution in [0.4, 0.5) is 5.69 Å². The van der Waals surface area contributed by atoms with Crippen LogP contribution in [0.15, 0.2) is 84.9 Å². The van der Waals surface area contributed by atoms with Gasteiger partial charge in [0.05, 0.1) is 23.5 Å². The minimum atomic E-state index is 0.294. The number of nitriles is 1.